The van der Waals surface area contributed by atoms with Gasteiger partial charge in [-0.25, -0.2) is 4.68 Å². The first kappa shape index (κ1) is 12.6. The van der Waals surface area contributed by atoms with E-state index in [1.165, 1.54) is 11.1 Å². The average Bonchev–Trinajstić information content (AvgIpc) is 2.88. The fourth-order valence-electron chi connectivity index (χ4n) is 2.38. The van der Waals surface area contributed by atoms with Crippen molar-refractivity contribution >= 4 is 11.6 Å². The molecule has 2 atom stereocenters. The van der Waals surface area contributed by atoms with E-state index in [1.54, 1.807) is 4.68 Å². The molecule has 5 heteroatoms. The van der Waals surface area contributed by atoms with Gasteiger partial charge in [-0.2, -0.15) is 0 Å². The van der Waals surface area contributed by atoms with Gasteiger partial charge in [-0.3, -0.25) is 0 Å². The van der Waals surface area contributed by atoms with Crippen LogP contribution in [0.3, 0.4) is 0 Å². The van der Waals surface area contributed by atoms with Crippen molar-refractivity contribution in [1.82, 2.24) is 15.0 Å². The van der Waals surface area contributed by atoms with Crippen molar-refractivity contribution in [1.29, 1.82) is 0 Å². The molecule has 0 spiro atoms. The molecule has 2 aromatic rings. The fraction of sp³-hybridized carbons (Fsp3) is 0.429. The smallest absolute Gasteiger partial charge is 0.102 e. The van der Waals surface area contributed by atoms with Crippen molar-refractivity contribution in [3.8, 4) is 0 Å². The van der Waals surface area contributed by atoms with Crippen LogP contribution in [0, 0.1) is 0 Å². The lowest BCUT2D eigenvalue weighted by Gasteiger charge is -2.25. The summed E-state index contributed by atoms with van der Waals surface area (Å²) in [7, 11) is 0. The molecule has 1 aliphatic rings. The zero-order valence-electron chi connectivity index (χ0n) is 10.8. The average molecular weight is 278 g/mol. The third-order valence-electron chi connectivity index (χ3n) is 3.41. The van der Waals surface area contributed by atoms with Crippen LogP contribution in [0.5, 0.6) is 0 Å². The van der Waals surface area contributed by atoms with E-state index in [4.69, 9.17) is 16.3 Å². The van der Waals surface area contributed by atoms with E-state index in [0.717, 1.165) is 18.7 Å². The molecular formula is C14H16ClN3O. The van der Waals surface area contributed by atoms with E-state index >= 15 is 0 Å². The first-order valence-electron chi connectivity index (χ1n) is 6.47. The van der Waals surface area contributed by atoms with E-state index in [9.17, 15) is 0 Å². The Morgan fingerprint density at radius 1 is 1.47 bits per heavy atom. The van der Waals surface area contributed by atoms with Crippen molar-refractivity contribution in [2.45, 2.75) is 31.4 Å². The van der Waals surface area contributed by atoms with Gasteiger partial charge in [-0.15, -0.1) is 16.7 Å². The topological polar surface area (TPSA) is 39.9 Å². The maximum absolute atomic E-state index is 5.99. The lowest BCUT2D eigenvalue weighted by molar-refractivity contribution is 0.0279. The lowest BCUT2D eigenvalue weighted by Crippen LogP contribution is -2.20. The summed E-state index contributed by atoms with van der Waals surface area (Å²) in [6.07, 6.45) is 2.91. The molecule has 2 unspecified atom stereocenters. The summed E-state index contributed by atoms with van der Waals surface area (Å²) < 4.78 is 7.66. The van der Waals surface area contributed by atoms with E-state index in [0.29, 0.717) is 6.54 Å². The summed E-state index contributed by atoms with van der Waals surface area (Å²) >= 11 is 5.99. The van der Waals surface area contributed by atoms with Crippen molar-refractivity contribution in [2.75, 3.05) is 6.61 Å². The largest absolute Gasteiger partial charge is 0.371 e. The van der Waals surface area contributed by atoms with Gasteiger partial charge in [0.25, 0.3) is 0 Å². The summed E-state index contributed by atoms with van der Waals surface area (Å²) in [6.45, 7) is 3.32. The van der Waals surface area contributed by atoms with Gasteiger partial charge in [0, 0.05) is 0 Å². The van der Waals surface area contributed by atoms with Gasteiger partial charge in [-0.05, 0) is 24.5 Å². The highest BCUT2D eigenvalue weighted by Crippen LogP contribution is 2.28. The van der Waals surface area contributed by atoms with Crippen LogP contribution in [-0.4, -0.2) is 21.6 Å². The van der Waals surface area contributed by atoms with Gasteiger partial charge in [-0.1, -0.05) is 29.5 Å². The maximum Gasteiger partial charge on any atom is 0.102 e. The number of alkyl halides is 1. The zero-order valence-corrected chi connectivity index (χ0v) is 11.5. The predicted molar refractivity (Wildman–Crippen MR) is 73.1 cm³/mol. The lowest BCUT2D eigenvalue weighted by atomic mass is 9.98. The highest BCUT2D eigenvalue weighted by molar-refractivity contribution is 6.20. The van der Waals surface area contributed by atoms with Crippen molar-refractivity contribution in [3.05, 3.63) is 47.3 Å². The minimum Gasteiger partial charge on any atom is -0.371 e. The minimum atomic E-state index is -0.117. The molecule has 3 rings (SSSR count). The van der Waals surface area contributed by atoms with Gasteiger partial charge in [0.05, 0.1) is 24.7 Å². The molecule has 1 aromatic heterocycles. The number of hydrogen-bond donors (Lipinski definition) is 0. The Morgan fingerprint density at radius 2 is 2.32 bits per heavy atom. The SMILES string of the molecule is CC(Cl)c1cn(CC2OCCc3ccccc32)nn1. The number of fused-ring (bicyclic) bond motifs is 1. The maximum atomic E-state index is 5.99. The van der Waals surface area contributed by atoms with E-state index in [-0.39, 0.29) is 11.5 Å². The predicted octanol–water partition coefficient (Wildman–Crippen LogP) is 2.89. The Morgan fingerprint density at radius 3 is 3.11 bits per heavy atom. The monoisotopic (exact) mass is 277 g/mol. The van der Waals surface area contributed by atoms with Crippen molar-refractivity contribution in [3.63, 3.8) is 0 Å². The molecular weight excluding hydrogens is 262 g/mol. The molecule has 0 fully saturated rings. The molecule has 1 aliphatic heterocycles. The standard InChI is InChI=1S/C14H16ClN3O/c1-10(15)13-8-18(17-16-13)9-14-12-5-3-2-4-11(12)6-7-19-14/h2-5,8,10,14H,6-7,9H2,1H3. The fourth-order valence-corrected chi connectivity index (χ4v) is 2.48. The summed E-state index contributed by atoms with van der Waals surface area (Å²) in [4.78, 5) is 0. The summed E-state index contributed by atoms with van der Waals surface area (Å²) in [5, 5.41) is 8.05. The van der Waals surface area contributed by atoms with Crippen LogP contribution in [0.2, 0.25) is 0 Å². The number of nitrogens with zero attached hydrogens (tertiary/aromatic N) is 3. The van der Waals surface area contributed by atoms with Crippen LogP contribution in [-0.2, 0) is 17.7 Å². The van der Waals surface area contributed by atoms with Crippen LogP contribution in [0.15, 0.2) is 30.5 Å². The molecule has 4 nitrogen and oxygen atoms in total. The summed E-state index contributed by atoms with van der Waals surface area (Å²) in [5.74, 6) is 0. The second kappa shape index (κ2) is 5.31. The number of halogens is 1. The first-order chi connectivity index (χ1) is 9.24. The molecule has 1 aromatic carbocycles. The van der Waals surface area contributed by atoms with Crippen LogP contribution in [0.4, 0.5) is 0 Å². The van der Waals surface area contributed by atoms with Crippen molar-refractivity contribution in [2.24, 2.45) is 0 Å². The third-order valence-corrected chi connectivity index (χ3v) is 3.63. The minimum absolute atomic E-state index is 0.0464. The Hall–Kier alpha value is -1.39. The highest BCUT2D eigenvalue weighted by atomic mass is 35.5. The van der Waals surface area contributed by atoms with E-state index in [1.807, 2.05) is 19.2 Å². The van der Waals surface area contributed by atoms with Crippen molar-refractivity contribution < 1.29 is 4.74 Å². The molecule has 0 aliphatic carbocycles. The van der Waals surface area contributed by atoms with Gasteiger partial charge in [0.2, 0.25) is 0 Å². The molecule has 0 saturated heterocycles. The zero-order chi connectivity index (χ0) is 13.2. The molecule has 0 amide bonds. The normalized spacial score (nSPS) is 20.0. The van der Waals surface area contributed by atoms with Crippen LogP contribution >= 0.6 is 11.6 Å². The molecule has 19 heavy (non-hydrogen) atoms. The number of ether oxygens (including phenoxy) is 1. The molecule has 0 N–H and O–H groups in total. The molecule has 100 valence electrons. The van der Waals surface area contributed by atoms with Gasteiger partial charge >= 0.3 is 0 Å². The number of rotatable bonds is 3. The van der Waals surface area contributed by atoms with Crippen LogP contribution < -0.4 is 0 Å². The Labute approximate surface area is 117 Å². The number of aromatic nitrogens is 3. The van der Waals surface area contributed by atoms with Gasteiger partial charge < -0.3 is 4.74 Å². The Bertz CT molecular complexity index is 567. The van der Waals surface area contributed by atoms with Gasteiger partial charge in [0.15, 0.2) is 0 Å². The Balaban J connectivity index is 1.80. The second-order valence-corrected chi connectivity index (χ2v) is 5.44. The van der Waals surface area contributed by atoms with Crippen LogP contribution in [0.25, 0.3) is 0 Å². The summed E-state index contributed by atoms with van der Waals surface area (Å²) in [6, 6.07) is 8.41. The van der Waals surface area contributed by atoms with Gasteiger partial charge in [0.1, 0.15) is 11.8 Å². The second-order valence-electron chi connectivity index (χ2n) is 4.79. The molecule has 0 bridgehead atoms. The quantitative estimate of drug-likeness (QED) is 0.810. The number of benzene rings is 1. The molecule has 0 saturated carbocycles. The summed E-state index contributed by atoms with van der Waals surface area (Å²) in [5.41, 5.74) is 3.42. The molecule has 0 radical (unpaired) electrons. The third kappa shape index (κ3) is 2.65. The van der Waals surface area contributed by atoms with Crippen LogP contribution in [0.1, 0.15) is 35.2 Å². The van der Waals surface area contributed by atoms with E-state index < -0.39 is 0 Å². The highest BCUT2D eigenvalue weighted by Gasteiger charge is 2.21. The van der Waals surface area contributed by atoms with E-state index in [2.05, 4.69) is 28.5 Å². The number of hydrogen-bond acceptors (Lipinski definition) is 3. The first-order valence-corrected chi connectivity index (χ1v) is 6.91. The Kier molecular flexibility index (Phi) is 3.53. The molecule has 2 heterocycles.